The van der Waals surface area contributed by atoms with E-state index in [0.717, 1.165) is 30.2 Å². The van der Waals surface area contributed by atoms with Crippen molar-refractivity contribution in [2.24, 2.45) is 0 Å². The van der Waals surface area contributed by atoms with Crippen LogP contribution < -0.4 is 0 Å². The van der Waals surface area contributed by atoms with E-state index >= 15 is 0 Å². The summed E-state index contributed by atoms with van der Waals surface area (Å²) >= 11 is 1.57. The number of hydrogen-bond acceptors (Lipinski definition) is 7. The number of thioether (sulfide) groups is 1. The Bertz CT molecular complexity index is 562. The van der Waals surface area contributed by atoms with Crippen LogP contribution in [0, 0.1) is 0 Å². The van der Waals surface area contributed by atoms with Crippen molar-refractivity contribution in [1.82, 2.24) is 30.3 Å². The van der Waals surface area contributed by atoms with Gasteiger partial charge in [-0.1, -0.05) is 36.7 Å². The summed E-state index contributed by atoms with van der Waals surface area (Å²) in [7, 11) is 0. The highest BCUT2D eigenvalue weighted by atomic mass is 32.2. The molecule has 2 aromatic heterocycles. The summed E-state index contributed by atoms with van der Waals surface area (Å²) in [6.45, 7) is 4.04. The predicted molar refractivity (Wildman–Crippen MR) is 73.3 cm³/mol. The molecule has 1 fully saturated rings. The van der Waals surface area contributed by atoms with Gasteiger partial charge in [-0.05, 0) is 30.2 Å². The van der Waals surface area contributed by atoms with Crippen LogP contribution in [0.2, 0.25) is 0 Å². The van der Waals surface area contributed by atoms with Crippen LogP contribution in [0.4, 0.5) is 0 Å². The molecule has 1 aliphatic rings. The first-order valence-corrected chi connectivity index (χ1v) is 7.93. The van der Waals surface area contributed by atoms with Crippen molar-refractivity contribution in [1.29, 1.82) is 0 Å². The summed E-state index contributed by atoms with van der Waals surface area (Å²) in [5.41, 5.74) is 0. The largest absolute Gasteiger partial charge is 0.338 e. The maximum Gasteiger partial charge on any atom is 0.239 e. The van der Waals surface area contributed by atoms with Gasteiger partial charge in [-0.3, -0.25) is 0 Å². The molecular formula is C12H18N6OS. The van der Waals surface area contributed by atoms with Crippen LogP contribution in [-0.2, 0) is 6.42 Å². The maximum absolute atomic E-state index is 5.27. The molecule has 1 atom stereocenters. The first-order chi connectivity index (χ1) is 9.78. The third-order valence-electron chi connectivity index (χ3n) is 3.56. The molecule has 0 bridgehead atoms. The van der Waals surface area contributed by atoms with E-state index in [0.29, 0.717) is 11.9 Å². The molecule has 0 saturated heterocycles. The van der Waals surface area contributed by atoms with Crippen molar-refractivity contribution in [3.05, 3.63) is 11.7 Å². The fraction of sp³-hybridized carbons (Fsp3) is 0.750. The summed E-state index contributed by atoms with van der Waals surface area (Å²) in [5.74, 6) is 1.37. The van der Waals surface area contributed by atoms with E-state index in [1.54, 1.807) is 11.8 Å². The van der Waals surface area contributed by atoms with E-state index in [1.807, 2.05) is 18.5 Å². The lowest BCUT2D eigenvalue weighted by atomic mass is 10.3. The van der Waals surface area contributed by atoms with Crippen LogP contribution >= 0.6 is 11.8 Å². The van der Waals surface area contributed by atoms with Gasteiger partial charge in [-0.25, -0.2) is 4.68 Å². The summed E-state index contributed by atoms with van der Waals surface area (Å²) in [6, 6.07) is 0.439. The number of aromatic nitrogens is 6. The van der Waals surface area contributed by atoms with Gasteiger partial charge in [0.2, 0.25) is 11.0 Å². The van der Waals surface area contributed by atoms with Gasteiger partial charge >= 0.3 is 0 Å². The van der Waals surface area contributed by atoms with Crippen LogP contribution in [0.1, 0.15) is 62.5 Å². The Morgan fingerprint density at radius 3 is 2.90 bits per heavy atom. The topological polar surface area (TPSA) is 82.5 Å². The van der Waals surface area contributed by atoms with Gasteiger partial charge in [0.1, 0.15) is 0 Å². The van der Waals surface area contributed by atoms with Gasteiger partial charge in [-0.15, -0.1) is 5.10 Å². The Labute approximate surface area is 121 Å². The van der Waals surface area contributed by atoms with Crippen LogP contribution in [0.3, 0.4) is 0 Å². The second-order valence-electron chi connectivity index (χ2n) is 5.01. The molecule has 0 aliphatic heterocycles. The zero-order valence-corrected chi connectivity index (χ0v) is 12.5. The average molecular weight is 294 g/mol. The quantitative estimate of drug-likeness (QED) is 0.784. The molecule has 7 nitrogen and oxygen atoms in total. The van der Waals surface area contributed by atoms with Gasteiger partial charge in [0.15, 0.2) is 5.82 Å². The summed E-state index contributed by atoms with van der Waals surface area (Å²) in [4.78, 5) is 4.36. The van der Waals surface area contributed by atoms with E-state index in [2.05, 4.69) is 25.7 Å². The minimum Gasteiger partial charge on any atom is -0.338 e. The molecule has 1 aliphatic carbocycles. The average Bonchev–Trinajstić information content (AvgIpc) is 3.19. The molecular weight excluding hydrogens is 276 g/mol. The Kier molecular flexibility index (Phi) is 4.00. The third kappa shape index (κ3) is 2.70. The van der Waals surface area contributed by atoms with E-state index < -0.39 is 0 Å². The zero-order chi connectivity index (χ0) is 13.9. The maximum atomic E-state index is 5.27. The van der Waals surface area contributed by atoms with Crippen LogP contribution in [0.15, 0.2) is 9.68 Å². The smallest absolute Gasteiger partial charge is 0.239 e. The van der Waals surface area contributed by atoms with E-state index in [1.165, 1.54) is 12.8 Å². The molecule has 108 valence electrons. The molecule has 0 spiro atoms. The molecule has 1 saturated carbocycles. The van der Waals surface area contributed by atoms with Crippen molar-refractivity contribution in [2.45, 2.75) is 62.4 Å². The lowest BCUT2D eigenvalue weighted by molar-refractivity contribution is 0.374. The van der Waals surface area contributed by atoms with E-state index in [-0.39, 0.29) is 5.25 Å². The molecule has 0 N–H and O–H groups in total. The van der Waals surface area contributed by atoms with Crippen LogP contribution in [0.25, 0.3) is 0 Å². The SMILES string of the molecule is CCc1noc(C(C)Sc2nnnn2C2CCCC2)n1. The minimum atomic E-state index is 0.0500. The first kappa shape index (κ1) is 13.5. The normalized spacial score (nSPS) is 17.7. The summed E-state index contributed by atoms with van der Waals surface area (Å²) < 4.78 is 7.22. The monoisotopic (exact) mass is 294 g/mol. The number of hydrogen-bond donors (Lipinski definition) is 0. The zero-order valence-electron chi connectivity index (χ0n) is 11.7. The Morgan fingerprint density at radius 2 is 2.20 bits per heavy atom. The number of tetrazole rings is 1. The second kappa shape index (κ2) is 5.90. The highest BCUT2D eigenvalue weighted by Gasteiger charge is 2.24. The van der Waals surface area contributed by atoms with Gasteiger partial charge in [0.05, 0.1) is 11.3 Å². The summed E-state index contributed by atoms with van der Waals surface area (Å²) in [6.07, 6.45) is 5.61. The number of aryl methyl sites for hydroxylation is 1. The van der Waals surface area contributed by atoms with Gasteiger partial charge in [0.25, 0.3) is 0 Å². The molecule has 2 heterocycles. The van der Waals surface area contributed by atoms with Crippen molar-refractivity contribution in [3.63, 3.8) is 0 Å². The Morgan fingerprint density at radius 1 is 1.40 bits per heavy atom. The standard InChI is InChI=1S/C12H18N6OS/c1-3-10-13-11(19-15-10)8(2)20-12-14-16-17-18(12)9-6-4-5-7-9/h8-9H,3-7H2,1-2H3. The minimum absolute atomic E-state index is 0.0500. The fourth-order valence-electron chi connectivity index (χ4n) is 2.43. The van der Waals surface area contributed by atoms with Gasteiger partial charge in [0, 0.05) is 6.42 Å². The molecule has 2 aromatic rings. The van der Waals surface area contributed by atoms with Gasteiger partial charge < -0.3 is 4.52 Å². The molecule has 3 rings (SSSR count). The molecule has 20 heavy (non-hydrogen) atoms. The van der Waals surface area contributed by atoms with E-state index in [9.17, 15) is 0 Å². The molecule has 0 amide bonds. The summed E-state index contributed by atoms with van der Waals surface area (Å²) in [5, 5.41) is 16.9. The third-order valence-corrected chi connectivity index (χ3v) is 4.60. The molecule has 0 aromatic carbocycles. The molecule has 1 unspecified atom stereocenters. The lowest BCUT2D eigenvalue weighted by Crippen LogP contribution is -2.08. The highest BCUT2D eigenvalue weighted by molar-refractivity contribution is 7.99. The lowest BCUT2D eigenvalue weighted by Gasteiger charge is -2.12. The predicted octanol–water partition coefficient (Wildman–Crippen LogP) is 2.59. The van der Waals surface area contributed by atoms with Gasteiger partial charge in [-0.2, -0.15) is 4.98 Å². The first-order valence-electron chi connectivity index (χ1n) is 7.05. The fourth-order valence-corrected chi connectivity index (χ4v) is 3.32. The van der Waals surface area contributed by atoms with E-state index in [4.69, 9.17) is 4.52 Å². The van der Waals surface area contributed by atoms with Crippen molar-refractivity contribution >= 4 is 11.8 Å². The molecule has 8 heteroatoms. The van der Waals surface area contributed by atoms with Crippen LogP contribution in [-0.4, -0.2) is 30.3 Å². The number of nitrogens with zero attached hydrogens (tertiary/aromatic N) is 6. The Hall–Kier alpha value is -1.44. The van der Waals surface area contributed by atoms with Crippen LogP contribution in [0.5, 0.6) is 0 Å². The molecule has 0 radical (unpaired) electrons. The Balaban J connectivity index is 1.72. The number of rotatable bonds is 5. The van der Waals surface area contributed by atoms with Crippen molar-refractivity contribution in [2.75, 3.05) is 0 Å². The van der Waals surface area contributed by atoms with Crippen molar-refractivity contribution < 1.29 is 4.52 Å². The highest BCUT2D eigenvalue weighted by Crippen LogP contribution is 2.36. The second-order valence-corrected chi connectivity index (χ2v) is 6.31. The van der Waals surface area contributed by atoms with Crippen molar-refractivity contribution in [3.8, 4) is 0 Å².